The minimum absolute atomic E-state index is 0.0533. The second-order valence-electron chi connectivity index (χ2n) is 8.66. The molecule has 0 fully saturated rings. The number of aromatic hydroxyl groups is 1. The van der Waals surface area contributed by atoms with Crippen LogP contribution in [0.4, 0.5) is 0 Å². The summed E-state index contributed by atoms with van der Waals surface area (Å²) in [6.07, 6.45) is 0.752. The quantitative estimate of drug-likeness (QED) is 0.194. The van der Waals surface area contributed by atoms with Gasteiger partial charge in [0.15, 0.2) is 0 Å². The number of benzene rings is 1. The number of carboxylic acids is 1. The van der Waals surface area contributed by atoms with Crippen molar-refractivity contribution < 1.29 is 29.4 Å². The van der Waals surface area contributed by atoms with Crippen LogP contribution in [0.15, 0.2) is 24.3 Å². The van der Waals surface area contributed by atoms with E-state index < -0.39 is 47.9 Å². The molecule has 0 heterocycles. The van der Waals surface area contributed by atoms with Crippen LogP contribution < -0.4 is 21.7 Å². The molecule has 0 aliphatic rings. The highest BCUT2D eigenvalue weighted by Gasteiger charge is 2.31. The van der Waals surface area contributed by atoms with Gasteiger partial charge in [-0.15, -0.1) is 0 Å². The zero-order valence-electron chi connectivity index (χ0n) is 19.9. The van der Waals surface area contributed by atoms with Gasteiger partial charge >= 0.3 is 5.97 Å². The molecule has 5 atom stereocenters. The average Bonchev–Trinajstić information content (AvgIpc) is 2.79. The van der Waals surface area contributed by atoms with E-state index in [-0.39, 0.29) is 29.8 Å². The number of phenols is 1. The molecule has 0 bridgehead atoms. The number of nitrogens with two attached hydrogens (primary N) is 1. The third-order valence-corrected chi connectivity index (χ3v) is 5.98. The average molecular weight is 497 g/mol. The van der Waals surface area contributed by atoms with Gasteiger partial charge in [0.2, 0.25) is 17.7 Å². The molecule has 0 aromatic heterocycles. The van der Waals surface area contributed by atoms with Crippen molar-refractivity contribution in [2.45, 2.75) is 64.7 Å². The van der Waals surface area contributed by atoms with Crippen molar-refractivity contribution in [3.63, 3.8) is 0 Å². The lowest BCUT2D eigenvalue weighted by Crippen LogP contribution is -2.59. The molecule has 5 unspecified atom stereocenters. The van der Waals surface area contributed by atoms with Crippen LogP contribution in [0.2, 0.25) is 0 Å². The van der Waals surface area contributed by atoms with Crippen molar-refractivity contribution in [2.24, 2.45) is 17.6 Å². The number of carbonyl (C=O) groups excluding carboxylic acids is 3. The number of rotatable bonds is 13. The lowest BCUT2D eigenvalue weighted by molar-refractivity contribution is -0.143. The summed E-state index contributed by atoms with van der Waals surface area (Å²) in [5, 5.41) is 26.4. The van der Waals surface area contributed by atoms with Crippen LogP contribution in [0.25, 0.3) is 0 Å². The number of hydrogen-bond acceptors (Lipinski definition) is 7. The molecule has 1 aromatic carbocycles. The maximum absolute atomic E-state index is 13.1. The molecule has 10 nitrogen and oxygen atoms in total. The molecule has 3 amide bonds. The van der Waals surface area contributed by atoms with Gasteiger partial charge < -0.3 is 31.9 Å². The summed E-state index contributed by atoms with van der Waals surface area (Å²) in [6.45, 7) is 7.03. The van der Waals surface area contributed by atoms with Crippen molar-refractivity contribution >= 4 is 36.3 Å². The van der Waals surface area contributed by atoms with Crippen molar-refractivity contribution in [3.05, 3.63) is 29.8 Å². The molecule has 11 heteroatoms. The Bertz CT molecular complexity index is 848. The first-order chi connectivity index (χ1) is 15.9. The van der Waals surface area contributed by atoms with Crippen molar-refractivity contribution in [1.82, 2.24) is 16.0 Å². The van der Waals surface area contributed by atoms with Crippen LogP contribution in [0, 0.1) is 11.8 Å². The number of phenolic OH excluding ortho intramolecular Hbond substituents is 1. The number of carbonyl (C=O) groups is 4. The van der Waals surface area contributed by atoms with Gasteiger partial charge in [-0.2, -0.15) is 12.6 Å². The van der Waals surface area contributed by atoms with E-state index in [1.807, 2.05) is 13.8 Å². The first-order valence-electron chi connectivity index (χ1n) is 11.2. The fourth-order valence-electron chi connectivity index (χ4n) is 3.09. The standard InChI is InChI=1S/C23H36N4O6S/c1-5-13(4)18(24)22(31)25-16(10-14-6-8-15(28)9-7-14)20(29)26-17(11-34)21(30)27-19(12(2)3)23(32)33/h6-9,12-13,16-19,28,34H,5,10-11,24H2,1-4H3,(H,25,31)(H,26,29)(H,27,30)(H,32,33). The molecule has 7 N–H and O–H groups in total. The molecule has 0 aliphatic carbocycles. The zero-order chi connectivity index (χ0) is 26.0. The molecular weight excluding hydrogens is 460 g/mol. The van der Waals surface area contributed by atoms with Gasteiger partial charge in [-0.05, 0) is 29.5 Å². The fourth-order valence-corrected chi connectivity index (χ4v) is 3.35. The molecular formula is C23H36N4O6S. The molecule has 0 aliphatic heterocycles. The Morgan fingerprint density at radius 2 is 1.47 bits per heavy atom. The van der Waals surface area contributed by atoms with Crippen molar-refractivity contribution in [2.75, 3.05) is 5.75 Å². The molecule has 1 rings (SSSR count). The summed E-state index contributed by atoms with van der Waals surface area (Å²) in [5.41, 5.74) is 6.67. The fraction of sp³-hybridized carbons (Fsp3) is 0.565. The first-order valence-corrected chi connectivity index (χ1v) is 11.8. The monoisotopic (exact) mass is 496 g/mol. The maximum Gasteiger partial charge on any atom is 0.326 e. The summed E-state index contributed by atoms with van der Waals surface area (Å²) in [6, 6.07) is 1.98. The third kappa shape index (κ3) is 8.86. The van der Waals surface area contributed by atoms with Gasteiger partial charge in [0.25, 0.3) is 0 Å². The number of aliphatic carboxylic acids is 1. The SMILES string of the molecule is CCC(C)C(N)C(=O)NC(Cc1ccc(O)cc1)C(=O)NC(CS)C(=O)NC(C(=O)O)C(C)C. The Balaban J connectivity index is 3.05. The van der Waals surface area contributed by atoms with Crippen LogP contribution in [0.5, 0.6) is 5.75 Å². The minimum Gasteiger partial charge on any atom is -0.508 e. The van der Waals surface area contributed by atoms with E-state index in [0.717, 1.165) is 0 Å². The minimum atomic E-state index is -1.19. The number of hydrogen-bond donors (Lipinski definition) is 7. The molecule has 1 aromatic rings. The summed E-state index contributed by atoms with van der Waals surface area (Å²) >= 11 is 4.12. The van der Waals surface area contributed by atoms with E-state index in [1.54, 1.807) is 26.0 Å². The Labute approximate surface area is 205 Å². The lowest BCUT2D eigenvalue weighted by atomic mass is 9.98. The Hall–Kier alpha value is -2.79. The van der Waals surface area contributed by atoms with E-state index in [0.29, 0.717) is 12.0 Å². The van der Waals surface area contributed by atoms with Crippen LogP contribution >= 0.6 is 12.6 Å². The topological polar surface area (TPSA) is 171 Å². The highest BCUT2D eigenvalue weighted by Crippen LogP contribution is 2.13. The van der Waals surface area contributed by atoms with E-state index in [1.165, 1.54) is 12.1 Å². The molecule has 0 saturated heterocycles. The van der Waals surface area contributed by atoms with Gasteiger partial charge in [0, 0.05) is 12.2 Å². The van der Waals surface area contributed by atoms with Crippen LogP contribution in [0.1, 0.15) is 39.7 Å². The Morgan fingerprint density at radius 3 is 1.94 bits per heavy atom. The molecule has 0 spiro atoms. The van der Waals surface area contributed by atoms with E-state index in [4.69, 9.17) is 5.73 Å². The lowest BCUT2D eigenvalue weighted by Gasteiger charge is -2.26. The van der Waals surface area contributed by atoms with Gasteiger partial charge in [-0.25, -0.2) is 4.79 Å². The second-order valence-corrected chi connectivity index (χ2v) is 9.02. The third-order valence-electron chi connectivity index (χ3n) is 5.61. The van der Waals surface area contributed by atoms with Crippen LogP contribution in [0.3, 0.4) is 0 Å². The van der Waals surface area contributed by atoms with Gasteiger partial charge in [0.05, 0.1) is 6.04 Å². The van der Waals surface area contributed by atoms with Crippen molar-refractivity contribution in [3.8, 4) is 5.75 Å². The number of thiol groups is 1. The highest BCUT2D eigenvalue weighted by molar-refractivity contribution is 7.80. The largest absolute Gasteiger partial charge is 0.508 e. The van der Waals surface area contributed by atoms with E-state index in [9.17, 15) is 29.4 Å². The number of carboxylic acid groups (broad SMARTS) is 1. The summed E-state index contributed by atoms with van der Waals surface area (Å²) in [5.74, 6) is -3.57. The van der Waals surface area contributed by atoms with E-state index >= 15 is 0 Å². The van der Waals surface area contributed by atoms with Gasteiger partial charge in [0.1, 0.15) is 23.9 Å². The smallest absolute Gasteiger partial charge is 0.326 e. The summed E-state index contributed by atoms with van der Waals surface area (Å²) in [4.78, 5) is 49.8. The molecule has 0 radical (unpaired) electrons. The molecule has 34 heavy (non-hydrogen) atoms. The Morgan fingerprint density at radius 1 is 0.941 bits per heavy atom. The van der Waals surface area contributed by atoms with Crippen LogP contribution in [-0.4, -0.2) is 63.8 Å². The molecule has 190 valence electrons. The Kier molecular flexibility index (Phi) is 11.9. The van der Waals surface area contributed by atoms with Gasteiger partial charge in [-0.1, -0.05) is 46.2 Å². The van der Waals surface area contributed by atoms with Gasteiger partial charge in [-0.3, -0.25) is 14.4 Å². The number of amides is 3. The maximum atomic E-state index is 13.1. The normalized spacial score (nSPS) is 15.5. The van der Waals surface area contributed by atoms with Crippen LogP contribution in [-0.2, 0) is 25.6 Å². The van der Waals surface area contributed by atoms with Crippen molar-refractivity contribution in [1.29, 1.82) is 0 Å². The molecule has 0 saturated carbocycles. The predicted octanol–water partition coefficient (Wildman–Crippen LogP) is 0.433. The first kappa shape index (κ1) is 29.2. The van der Waals surface area contributed by atoms with E-state index in [2.05, 4.69) is 28.6 Å². The summed E-state index contributed by atoms with van der Waals surface area (Å²) < 4.78 is 0. The zero-order valence-corrected chi connectivity index (χ0v) is 20.8. The predicted molar refractivity (Wildman–Crippen MR) is 131 cm³/mol. The number of nitrogens with one attached hydrogen (secondary N) is 3. The summed E-state index contributed by atoms with van der Waals surface area (Å²) in [7, 11) is 0. The highest BCUT2D eigenvalue weighted by atomic mass is 32.1. The second kappa shape index (κ2) is 13.8.